The predicted molar refractivity (Wildman–Crippen MR) is 68.6 cm³/mol. The standard InChI is InChI=1S/C10H22O.C3H8O2/c1-3-5-7-9-11-10-8-6-4-2;1-3(5)2-4/h3-10H2,1-2H3;3-5H,2H2,1H3. The lowest BCUT2D eigenvalue weighted by Crippen LogP contribution is -2.03. The number of ether oxygens (including phenoxy) is 1. The first-order valence-electron chi connectivity index (χ1n) is 6.55. The van der Waals surface area contributed by atoms with Gasteiger partial charge in [-0.2, -0.15) is 0 Å². The molecule has 0 bridgehead atoms. The van der Waals surface area contributed by atoms with Crippen molar-refractivity contribution in [2.24, 2.45) is 0 Å². The van der Waals surface area contributed by atoms with Crippen molar-refractivity contribution in [1.82, 2.24) is 0 Å². The first kappa shape index (κ1) is 18.3. The quantitative estimate of drug-likeness (QED) is 0.603. The van der Waals surface area contributed by atoms with Gasteiger partial charge in [-0.05, 0) is 19.8 Å². The van der Waals surface area contributed by atoms with Crippen LogP contribution in [-0.2, 0) is 4.74 Å². The summed E-state index contributed by atoms with van der Waals surface area (Å²) in [5.74, 6) is 0. The molecule has 0 rings (SSSR count). The van der Waals surface area contributed by atoms with E-state index >= 15 is 0 Å². The molecule has 1 unspecified atom stereocenters. The molecule has 3 heteroatoms. The van der Waals surface area contributed by atoms with Crippen molar-refractivity contribution in [3.63, 3.8) is 0 Å². The van der Waals surface area contributed by atoms with Gasteiger partial charge in [0.2, 0.25) is 0 Å². The molecule has 0 aromatic carbocycles. The van der Waals surface area contributed by atoms with Crippen LogP contribution < -0.4 is 0 Å². The van der Waals surface area contributed by atoms with Crippen LogP contribution in [-0.4, -0.2) is 36.1 Å². The van der Waals surface area contributed by atoms with E-state index < -0.39 is 6.10 Å². The normalized spacial score (nSPS) is 11.8. The van der Waals surface area contributed by atoms with Crippen molar-refractivity contribution in [2.75, 3.05) is 19.8 Å². The van der Waals surface area contributed by atoms with Crippen LogP contribution in [0.5, 0.6) is 0 Å². The summed E-state index contributed by atoms with van der Waals surface area (Å²) < 4.78 is 5.44. The van der Waals surface area contributed by atoms with Crippen LogP contribution in [0.2, 0.25) is 0 Å². The maximum absolute atomic E-state index is 8.11. The highest BCUT2D eigenvalue weighted by molar-refractivity contribution is 4.38. The van der Waals surface area contributed by atoms with Crippen LogP contribution in [0.3, 0.4) is 0 Å². The van der Waals surface area contributed by atoms with Crippen LogP contribution in [0, 0.1) is 0 Å². The summed E-state index contributed by atoms with van der Waals surface area (Å²) in [4.78, 5) is 0. The molecule has 0 amide bonds. The number of rotatable bonds is 9. The molecule has 3 nitrogen and oxygen atoms in total. The maximum Gasteiger partial charge on any atom is 0.0742 e. The van der Waals surface area contributed by atoms with E-state index in [4.69, 9.17) is 14.9 Å². The maximum atomic E-state index is 8.11. The van der Waals surface area contributed by atoms with Crippen LogP contribution in [0.4, 0.5) is 0 Å². The smallest absolute Gasteiger partial charge is 0.0742 e. The molecule has 100 valence electrons. The van der Waals surface area contributed by atoms with Crippen LogP contribution >= 0.6 is 0 Å². The van der Waals surface area contributed by atoms with E-state index in [0.717, 1.165) is 13.2 Å². The zero-order valence-corrected chi connectivity index (χ0v) is 11.2. The Morgan fingerprint density at radius 3 is 1.56 bits per heavy atom. The Hall–Kier alpha value is -0.120. The summed E-state index contributed by atoms with van der Waals surface area (Å²) in [6.07, 6.45) is 7.12. The van der Waals surface area contributed by atoms with Gasteiger partial charge in [-0.3, -0.25) is 0 Å². The monoisotopic (exact) mass is 234 g/mol. The van der Waals surface area contributed by atoms with E-state index in [0.29, 0.717) is 0 Å². The lowest BCUT2D eigenvalue weighted by atomic mass is 10.2. The molecule has 0 spiro atoms. The van der Waals surface area contributed by atoms with E-state index in [9.17, 15) is 0 Å². The summed E-state index contributed by atoms with van der Waals surface area (Å²) in [5, 5.41) is 16.0. The van der Waals surface area contributed by atoms with Gasteiger partial charge >= 0.3 is 0 Å². The molecule has 16 heavy (non-hydrogen) atoms. The molecule has 0 aromatic heterocycles. The summed E-state index contributed by atoms with van der Waals surface area (Å²) in [6.45, 7) is 7.77. The molecule has 1 atom stereocenters. The molecule has 0 aromatic rings. The highest BCUT2D eigenvalue weighted by Crippen LogP contribution is 1.97. The topological polar surface area (TPSA) is 49.7 Å². The second-order valence-electron chi connectivity index (χ2n) is 4.06. The molecule has 0 aliphatic rings. The summed E-state index contributed by atoms with van der Waals surface area (Å²) in [5.41, 5.74) is 0. The van der Waals surface area contributed by atoms with E-state index in [1.54, 1.807) is 0 Å². The molecule has 0 heterocycles. The lowest BCUT2D eigenvalue weighted by Gasteiger charge is -2.01. The third-order valence-corrected chi connectivity index (χ3v) is 2.05. The Kier molecular flexibility index (Phi) is 19.7. The Morgan fingerprint density at radius 2 is 1.31 bits per heavy atom. The first-order valence-corrected chi connectivity index (χ1v) is 6.55. The summed E-state index contributed by atoms with van der Waals surface area (Å²) in [7, 11) is 0. The predicted octanol–water partition coefficient (Wildman–Crippen LogP) is 2.74. The zero-order chi connectivity index (χ0) is 12.6. The van der Waals surface area contributed by atoms with Crippen molar-refractivity contribution in [1.29, 1.82) is 0 Å². The third kappa shape index (κ3) is 23.6. The summed E-state index contributed by atoms with van der Waals surface area (Å²) in [6, 6.07) is 0. The third-order valence-electron chi connectivity index (χ3n) is 2.05. The fourth-order valence-electron chi connectivity index (χ4n) is 1.01. The lowest BCUT2D eigenvalue weighted by molar-refractivity contribution is 0.110. The minimum absolute atomic E-state index is 0.139. The Balaban J connectivity index is 0. The van der Waals surface area contributed by atoms with E-state index in [1.165, 1.54) is 45.4 Å². The molecule has 0 aliphatic carbocycles. The second-order valence-corrected chi connectivity index (χ2v) is 4.06. The van der Waals surface area contributed by atoms with Gasteiger partial charge in [-0.1, -0.05) is 39.5 Å². The molecular weight excluding hydrogens is 204 g/mol. The second kappa shape index (κ2) is 17.3. The molecule has 2 N–H and O–H groups in total. The average Bonchev–Trinajstić information content (AvgIpc) is 2.29. The van der Waals surface area contributed by atoms with Crippen LogP contribution in [0.25, 0.3) is 0 Å². The van der Waals surface area contributed by atoms with E-state index in [-0.39, 0.29) is 6.61 Å². The SMILES string of the molecule is CC(O)CO.CCCCCOCCCCC. The van der Waals surface area contributed by atoms with Gasteiger partial charge in [-0.25, -0.2) is 0 Å². The van der Waals surface area contributed by atoms with Gasteiger partial charge in [0.05, 0.1) is 12.7 Å². The van der Waals surface area contributed by atoms with Gasteiger partial charge < -0.3 is 14.9 Å². The fraction of sp³-hybridized carbons (Fsp3) is 1.00. The van der Waals surface area contributed by atoms with Gasteiger partial charge in [-0.15, -0.1) is 0 Å². The molecular formula is C13H30O3. The van der Waals surface area contributed by atoms with E-state index in [1.807, 2.05) is 0 Å². The number of hydrogen-bond acceptors (Lipinski definition) is 3. The first-order chi connectivity index (χ1) is 7.68. The Bertz CT molecular complexity index is 97.4. The van der Waals surface area contributed by atoms with Crippen LogP contribution in [0.1, 0.15) is 59.3 Å². The highest BCUT2D eigenvalue weighted by Gasteiger charge is 1.88. The summed E-state index contributed by atoms with van der Waals surface area (Å²) >= 11 is 0. The molecule has 0 radical (unpaired) electrons. The van der Waals surface area contributed by atoms with Crippen molar-refractivity contribution < 1.29 is 14.9 Å². The van der Waals surface area contributed by atoms with Crippen molar-refractivity contribution in [3.8, 4) is 0 Å². The van der Waals surface area contributed by atoms with Gasteiger partial charge in [0.15, 0.2) is 0 Å². The van der Waals surface area contributed by atoms with Crippen LogP contribution in [0.15, 0.2) is 0 Å². The van der Waals surface area contributed by atoms with E-state index in [2.05, 4.69) is 13.8 Å². The molecule has 0 saturated carbocycles. The average molecular weight is 234 g/mol. The highest BCUT2D eigenvalue weighted by atomic mass is 16.5. The zero-order valence-electron chi connectivity index (χ0n) is 11.2. The minimum Gasteiger partial charge on any atom is -0.394 e. The van der Waals surface area contributed by atoms with Gasteiger partial charge in [0, 0.05) is 13.2 Å². The number of hydrogen-bond donors (Lipinski definition) is 2. The number of aliphatic hydroxyl groups is 2. The number of aliphatic hydroxyl groups excluding tert-OH is 2. The Labute approximate surface area is 101 Å². The van der Waals surface area contributed by atoms with Crippen molar-refractivity contribution >= 4 is 0 Å². The molecule has 0 aliphatic heterocycles. The molecule has 0 saturated heterocycles. The van der Waals surface area contributed by atoms with Gasteiger partial charge in [0.1, 0.15) is 0 Å². The molecule has 0 fully saturated rings. The minimum atomic E-state index is -0.560. The van der Waals surface area contributed by atoms with Crippen molar-refractivity contribution in [3.05, 3.63) is 0 Å². The van der Waals surface area contributed by atoms with Gasteiger partial charge in [0.25, 0.3) is 0 Å². The number of unbranched alkanes of at least 4 members (excludes halogenated alkanes) is 4. The largest absolute Gasteiger partial charge is 0.394 e. The fourth-order valence-corrected chi connectivity index (χ4v) is 1.01. The van der Waals surface area contributed by atoms with Crippen molar-refractivity contribution in [2.45, 2.75) is 65.4 Å². The Morgan fingerprint density at radius 1 is 0.938 bits per heavy atom.